The van der Waals surface area contributed by atoms with Gasteiger partial charge in [0.25, 0.3) is 0 Å². The topological polar surface area (TPSA) is 24.5 Å². The standard InChI is InChI=1S/C14H28N2O/c1-4-14(5-2)6-7-16(11-14)8-12-9-17-10-13(12)15-3/h12-13,15H,4-11H2,1-3H3. The van der Waals surface area contributed by atoms with Gasteiger partial charge < -0.3 is 15.0 Å². The summed E-state index contributed by atoms with van der Waals surface area (Å²) in [6, 6.07) is 0.563. The first-order valence-electron chi connectivity index (χ1n) is 7.20. The highest BCUT2D eigenvalue weighted by molar-refractivity contribution is 4.91. The van der Waals surface area contributed by atoms with E-state index < -0.39 is 0 Å². The summed E-state index contributed by atoms with van der Waals surface area (Å²) in [6.07, 6.45) is 4.05. The molecule has 0 bridgehead atoms. The molecular formula is C14H28N2O. The summed E-state index contributed by atoms with van der Waals surface area (Å²) in [5.74, 6) is 0.685. The lowest BCUT2D eigenvalue weighted by atomic mass is 9.82. The molecule has 2 saturated heterocycles. The van der Waals surface area contributed by atoms with Crippen molar-refractivity contribution in [2.45, 2.75) is 39.2 Å². The summed E-state index contributed by atoms with van der Waals surface area (Å²) >= 11 is 0. The van der Waals surface area contributed by atoms with E-state index in [1.165, 1.54) is 38.9 Å². The molecule has 0 aromatic carbocycles. The number of likely N-dealkylation sites (tertiary alicyclic amines) is 1. The van der Waals surface area contributed by atoms with E-state index in [4.69, 9.17) is 4.74 Å². The molecule has 2 atom stereocenters. The van der Waals surface area contributed by atoms with Gasteiger partial charge >= 0.3 is 0 Å². The molecule has 2 unspecified atom stereocenters. The predicted octanol–water partition coefficient (Wildman–Crippen LogP) is 1.73. The first kappa shape index (κ1) is 13.3. The molecule has 0 aliphatic carbocycles. The van der Waals surface area contributed by atoms with Gasteiger partial charge in [-0.05, 0) is 38.3 Å². The number of hydrogen-bond donors (Lipinski definition) is 1. The molecule has 0 aromatic heterocycles. The number of nitrogens with zero attached hydrogens (tertiary/aromatic N) is 1. The fraction of sp³-hybridized carbons (Fsp3) is 1.00. The van der Waals surface area contributed by atoms with Crippen molar-refractivity contribution in [1.29, 1.82) is 0 Å². The van der Waals surface area contributed by atoms with E-state index in [0.717, 1.165) is 13.2 Å². The van der Waals surface area contributed by atoms with E-state index >= 15 is 0 Å². The minimum Gasteiger partial charge on any atom is -0.379 e. The van der Waals surface area contributed by atoms with Crippen LogP contribution in [0.5, 0.6) is 0 Å². The summed E-state index contributed by atoms with van der Waals surface area (Å²) in [4.78, 5) is 2.66. The third-order valence-corrected chi connectivity index (χ3v) is 5.08. The average molecular weight is 240 g/mol. The maximum atomic E-state index is 5.59. The zero-order valence-electron chi connectivity index (χ0n) is 11.7. The Labute approximate surface area is 106 Å². The lowest BCUT2D eigenvalue weighted by Crippen LogP contribution is -2.40. The van der Waals surface area contributed by atoms with Crippen molar-refractivity contribution in [3.05, 3.63) is 0 Å². The van der Waals surface area contributed by atoms with Crippen molar-refractivity contribution < 1.29 is 4.74 Å². The number of likely N-dealkylation sites (N-methyl/N-ethyl adjacent to an activating group) is 1. The summed E-state index contributed by atoms with van der Waals surface area (Å²) in [5, 5.41) is 3.38. The molecule has 0 radical (unpaired) electrons. The van der Waals surface area contributed by atoms with Gasteiger partial charge in [0, 0.05) is 25.0 Å². The van der Waals surface area contributed by atoms with Crippen LogP contribution in [-0.2, 0) is 4.74 Å². The second kappa shape index (κ2) is 5.68. The molecule has 100 valence electrons. The van der Waals surface area contributed by atoms with Crippen molar-refractivity contribution in [1.82, 2.24) is 10.2 Å². The van der Waals surface area contributed by atoms with Crippen LogP contribution in [0.1, 0.15) is 33.1 Å². The van der Waals surface area contributed by atoms with E-state index in [-0.39, 0.29) is 0 Å². The lowest BCUT2D eigenvalue weighted by molar-refractivity contribution is 0.167. The molecule has 2 rings (SSSR count). The summed E-state index contributed by atoms with van der Waals surface area (Å²) < 4.78 is 5.59. The maximum Gasteiger partial charge on any atom is 0.0623 e. The number of rotatable bonds is 5. The lowest BCUT2D eigenvalue weighted by Gasteiger charge is -2.28. The molecule has 0 aromatic rings. The van der Waals surface area contributed by atoms with Crippen molar-refractivity contribution in [2.24, 2.45) is 11.3 Å². The van der Waals surface area contributed by atoms with Gasteiger partial charge in [-0.2, -0.15) is 0 Å². The fourth-order valence-electron chi connectivity index (χ4n) is 3.44. The Morgan fingerprint density at radius 1 is 1.29 bits per heavy atom. The van der Waals surface area contributed by atoms with Crippen molar-refractivity contribution in [3.63, 3.8) is 0 Å². The molecule has 2 aliphatic rings. The van der Waals surface area contributed by atoms with Crippen molar-refractivity contribution in [3.8, 4) is 0 Å². The predicted molar refractivity (Wildman–Crippen MR) is 71.2 cm³/mol. The van der Waals surface area contributed by atoms with E-state index in [1.807, 2.05) is 0 Å². The van der Waals surface area contributed by atoms with Gasteiger partial charge in [0.05, 0.1) is 13.2 Å². The Hall–Kier alpha value is -0.120. The Bertz CT molecular complexity index is 240. The molecule has 0 spiro atoms. The largest absolute Gasteiger partial charge is 0.379 e. The second-order valence-corrected chi connectivity index (χ2v) is 5.88. The van der Waals surface area contributed by atoms with Crippen LogP contribution >= 0.6 is 0 Å². The first-order chi connectivity index (χ1) is 8.23. The van der Waals surface area contributed by atoms with Gasteiger partial charge in [0.2, 0.25) is 0 Å². The molecule has 3 nitrogen and oxygen atoms in total. The zero-order valence-corrected chi connectivity index (χ0v) is 11.7. The summed E-state index contributed by atoms with van der Waals surface area (Å²) in [7, 11) is 2.05. The van der Waals surface area contributed by atoms with Crippen LogP contribution in [0.4, 0.5) is 0 Å². The summed E-state index contributed by atoms with van der Waals surface area (Å²) in [5.41, 5.74) is 0.606. The molecule has 3 heteroatoms. The quantitative estimate of drug-likeness (QED) is 0.792. The minimum atomic E-state index is 0.563. The van der Waals surface area contributed by atoms with Gasteiger partial charge in [0.15, 0.2) is 0 Å². The van der Waals surface area contributed by atoms with E-state index in [9.17, 15) is 0 Å². The third kappa shape index (κ3) is 2.83. The molecule has 1 N–H and O–H groups in total. The van der Waals surface area contributed by atoms with E-state index in [2.05, 4.69) is 31.1 Å². The normalized spacial score (nSPS) is 33.4. The highest BCUT2D eigenvalue weighted by atomic mass is 16.5. The summed E-state index contributed by atoms with van der Waals surface area (Å²) in [6.45, 7) is 10.3. The van der Waals surface area contributed by atoms with Crippen LogP contribution in [0.3, 0.4) is 0 Å². The molecule has 2 aliphatic heterocycles. The van der Waals surface area contributed by atoms with Crippen LogP contribution < -0.4 is 5.32 Å². The van der Waals surface area contributed by atoms with Crippen LogP contribution in [0.25, 0.3) is 0 Å². The second-order valence-electron chi connectivity index (χ2n) is 5.88. The molecule has 17 heavy (non-hydrogen) atoms. The van der Waals surface area contributed by atoms with Gasteiger partial charge in [-0.3, -0.25) is 0 Å². The van der Waals surface area contributed by atoms with Crippen molar-refractivity contribution >= 4 is 0 Å². The highest BCUT2D eigenvalue weighted by Crippen LogP contribution is 2.37. The van der Waals surface area contributed by atoms with E-state index in [0.29, 0.717) is 17.4 Å². The monoisotopic (exact) mass is 240 g/mol. The van der Waals surface area contributed by atoms with Crippen LogP contribution in [0.2, 0.25) is 0 Å². The molecule has 2 heterocycles. The smallest absolute Gasteiger partial charge is 0.0623 e. The van der Waals surface area contributed by atoms with Gasteiger partial charge in [0.1, 0.15) is 0 Å². The van der Waals surface area contributed by atoms with Crippen molar-refractivity contribution in [2.75, 3.05) is 39.9 Å². The molecule has 0 saturated carbocycles. The number of hydrogen-bond acceptors (Lipinski definition) is 3. The van der Waals surface area contributed by atoms with E-state index in [1.54, 1.807) is 0 Å². The Morgan fingerprint density at radius 3 is 2.65 bits per heavy atom. The Kier molecular flexibility index (Phi) is 4.45. The Morgan fingerprint density at radius 2 is 2.06 bits per heavy atom. The highest BCUT2D eigenvalue weighted by Gasteiger charge is 2.37. The fourth-order valence-corrected chi connectivity index (χ4v) is 3.44. The average Bonchev–Trinajstić information content (AvgIpc) is 2.97. The zero-order chi connectivity index (χ0) is 12.3. The number of ether oxygens (including phenoxy) is 1. The Balaban J connectivity index is 1.85. The number of nitrogens with one attached hydrogen (secondary N) is 1. The van der Waals surface area contributed by atoms with Crippen LogP contribution in [-0.4, -0.2) is 50.8 Å². The third-order valence-electron chi connectivity index (χ3n) is 5.08. The van der Waals surface area contributed by atoms with Crippen LogP contribution in [0, 0.1) is 11.3 Å². The van der Waals surface area contributed by atoms with Gasteiger partial charge in [-0.15, -0.1) is 0 Å². The first-order valence-corrected chi connectivity index (χ1v) is 7.20. The molecular weight excluding hydrogens is 212 g/mol. The molecule has 2 fully saturated rings. The molecule has 0 amide bonds. The van der Waals surface area contributed by atoms with Gasteiger partial charge in [-0.25, -0.2) is 0 Å². The van der Waals surface area contributed by atoms with Crippen LogP contribution in [0.15, 0.2) is 0 Å². The van der Waals surface area contributed by atoms with Gasteiger partial charge in [-0.1, -0.05) is 13.8 Å². The minimum absolute atomic E-state index is 0.563. The SMILES string of the molecule is CCC1(CC)CCN(CC2COCC2NC)C1. The maximum absolute atomic E-state index is 5.59.